The lowest BCUT2D eigenvalue weighted by Crippen LogP contribution is -2.19. The molecule has 1 rings (SSSR count). The van der Waals surface area contributed by atoms with Crippen molar-refractivity contribution in [3.63, 3.8) is 0 Å². The molecule has 0 fully saturated rings. The smallest absolute Gasteiger partial charge is 0.335 e. The molecule has 0 saturated carbocycles. The number of carboxylic acid groups (broad SMARTS) is 1. The van der Waals surface area contributed by atoms with Gasteiger partial charge in [-0.1, -0.05) is 25.7 Å². The molecular weight excluding hydrogens is 232 g/mol. The van der Waals surface area contributed by atoms with Crippen molar-refractivity contribution < 1.29 is 14.6 Å². The molecule has 1 N–H and O–H groups in total. The van der Waals surface area contributed by atoms with Crippen molar-refractivity contribution in [3.05, 3.63) is 29.8 Å². The summed E-state index contributed by atoms with van der Waals surface area (Å²) < 4.78 is 5.57. The Balaban J connectivity index is 2.35. The molecule has 0 amide bonds. The molecule has 0 heterocycles. The zero-order valence-electron chi connectivity index (χ0n) is 10.7. The first-order valence-corrected chi connectivity index (χ1v) is 9.55. The highest BCUT2D eigenvalue weighted by Crippen LogP contribution is 2.15. The maximum absolute atomic E-state index is 10.6. The van der Waals surface area contributed by atoms with Gasteiger partial charge < -0.3 is 9.84 Å². The summed E-state index contributed by atoms with van der Waals surface area (Å²) >= 11 is 0. The van der Waals surface area contributed by atoms with Crippen molar-refractivity contribution >= 4 is 14.0 Å². The van der Waals surface area contributed by atoms with Crippen LogP contribution in [0.2, 0.25) is 25.7 Å². The van der Waals surface area contributed by atoms with E-state index in [9.17, 15) is 4.79 Å². The number of carboxylic acids is 1. The van der Waals surface area contributed by atoms with Crippen LogP contribution in [-0.2, 0) is 0 Å². The lowest BCUT2D eigenvalue weighted by atomic mass is 10.2. The van der Waals surface area contributed by atoms with E-state index in [1.54, 1.807) is 24.3 Å². The van der Waals surface area contributed by atoms with Crippen molar-refractivity contribution in [2.45, 2.75) is 32.1 Å². The van der Waals surface area contributed by atoms with Gasteiger partial charge >= 0.3 is 5.97 Å². The molecule has 0 aromatic heterocycles. The molecule has 4 heteroatoms. The summed E-state index contributed by atoms with van der Waals surface area (Å²) in [4.78, 5) is 10.6. The maximum Gasteiger partial charge on any atom is 0.335 e. The Kier molecular flexibility index (Phi) is 4.75. The van der Waals surface area contributed by atoms with E-state index in [0.717, 1.165) is 12.2 Å². The molecule has 1 aromatic rings. The Morgan fingerprint density at radius 2 is 1.82 bits per heavy atom. The van der Waals surface area contributed by atoms with Gasteiger partial charge in [0.15, 0.2) is 0 Å². The third-order valence-electron chi connectivity index (χ3n) is 2.44. The van der Waals surface area contributed by atoms with Gasteiger partial charge in [-0.3, -0.25) is 0 Å². The molecule has 0 unspecified atom stereocenters. The lowest BCUT2D eigenvalue weighted by Gasteiger charge is -2.15. The van der Waals surface area contributed by atoms with Crippen molar-refractivity contribution in [3.8, 4) is 5.75 Å². The first kappa shape index (κ1) is 13.8. The van der Waals surface area contributed by atoms with Crippen LogP contribution in [0, 0.1) is 0 Å². The molecule has 17 heavy (non-hydrogen) atoms. The first-order chi connectivity index (χ1) is 7.88. The minimum absolute atomic E-state index is 0.291. The minimum atomic E-state index is -0.977. The highest BCUT2D eigenvalue weighted by atomic mass is 28.3. The van der Waals surface area contributed by atoms with Gasteiger partial charge in [0.05, 0.1) is 12.2 Å². The monoisotopic (exact) mass is 252 g/mol. The van der Waals surface area contributed by atoms with Crippen LogP contribution in [0.5, 0.6) is 5.75 Å². The number of carbonyl (C=O) groups is 1. The molecule has 0 aliphatic heterocycles. The highest BCUT2D eigenvalue weighted by Gasteiger charge is 2.11. The molecule has 0 aliphatic rings. The van der Waals surface area contributed by atoms with Crippen molar-refractivity contribution in [1.29, 1.82) is 0 Å². The minimum Gasteiger partial charge on any atom is -0.494 e. The third kappa shape index (κ3) is 5.54. The molecule has 1 aromatic carbocycles. The summed E-state index contributed by atoms with van der Waals surface area (Å²) in [5.41, 5.74) is 0.291. The van der Waals surface area contributed by atoms with Gasteiger partial charge in [-0.25, -0.2) is 4.79 Å². The van der Waals surface area contributed by atoms with E-state index in [-0.39, 0.29) is 0 Å². The number of aromatic carboxylic acids is 1. The van der Waals surface area contributed by atoms with Crippen LogP contribution in [0.1, 0.15) is 16.8 Å². The molecule has 3 nitrogen and oxygen atoms in total. The number of hydrogen-bond acceptors (Lipinski definition) is 2. The largest absolute Gasteiger partial charge is 0.494 e. The number of ether oxygens (including phenoxy) is 1. The van der Waals surface area contributed by atoms with Crippen LogP contribution in [-0.4, -0.2) is 25.8 Å². The predicted molar refractivity (Wildman–Crippen MR) is 71.7 cm³/mol. The van der Waals surface area contributed by atoms with Crippen LogP contribution < -0.4 is 4.74 Å². The van der Waals surface area contributed by atoms with E-state index >= 15 is 0 Å². The van der Waals surface area contributed by atoms with Crippen LogP contribution >= 0.6 is 0 Å². The molecule has 0 bridgehead atoms. The van der Waals surface area contributed by atoms with Gasteiger partial charge in [0, 0.05) is 8.07 Å². The van der Waals surface area contributed by atoms with E-state index in [1.165, 1.54) is 6.04 Å². The van der Waals surface area contributed by atoms with Crippen LogP contribution in [0.4, 0.5) is 0 Å². The van der Waals surface area contributed by atoms with Gasteiger partial charge in [-0.15, -0.1) is 0 Å². The van der Waals surface area contributed by atoms with Gasteiger partial charge in [0.2, 0.25) is 0 Å². The molecule has 0 radical (unpaired) electrons. The van der Waals surface area contributed by atoms with E-state index in [2.05, 4.69) is 19.6 Å². The normalized spacial score (nSPS) is 11.2. The molecule has 0 spiro atoms. The third-order valence-corrected chi connectivity index (χ3v) is 4.29. The summed E-state index contributed by atoms with van der Waals surface area (Å²) in [7, 11) is -0.977. The van der Waals surface area contributed by atoms with E-state index < -0.39 is 14.0 Å². The molecule has 0 aliphatic carbocycles. The quantitative estimate of drug-likeness (QED) is 0.622. The van der Waals surface area contributed by atoms with E-state index in [4.69, 9.17) is 9.84 Å². The SMILES string of the molecule is C[Si](C)(C)CCCOc1ccc(C(=O)O)cc1. The van der Waals surface area contributed by atoms with Crippen LogP contribution in [0.3, 0.4) is 0 Å². The predicted octanol–water partition coefficient (Wildman–Crippen LogP) is 3.49. The van der Waals surface area contributed by atoms with Gasteiger partial charge in [0.25, 0.3) is 0 Å². The topological polar surface area (TPSA) is 46.5 Å². The van der Waals surface area contributed by atoms with Crippen LogP contribution in [0.15, 0.2) is 24.3 Å². The van der Waals surface area contributed by atoms with Gasteiger partial charge in [0.1, 0.15) is 5.75 Å². The zero-order valence-corrected chi connectivity index (χ0v) is 11.7. The maximum atomic E-state index is 10.6. The average Bonchev–Trinajstić information content (AvgIpc) is 2.24. The van der Waals surface area contributed by atoms with E-state index in [1.807, 2.05) is 0 Å². The standard InChI is InChI=1S/C13H20O3Si/c1-17(2,3)10-4-9-16-12-7-5-11(6-8-12)13(14)15/h5-8H,4,9-10H2,1-3H3,(H,14,15). The summed E-state index contributed by atoms with van der Waals surface area (Å²) in [5, 5.41) is 8.74. The first-order valence-electron chi connectivity index (χ1n) is 5.85. The summed E-state index contributed by atoms with van der Waals surface area (Å²) in [5.74, 6) is -0.166. The molecular formula is C13H20O3Si. The Labute approximate surface area is 103 Å². The fraction of sp³-hybridized carbons (Fsp3) is 0.462. The van der Waals surface area contributed by atoms with Gasteiger partial charge in [-0.2, -0.15) is 0 Å². The second-order valence-corrected chi connectivity index (χ2v) is 11.0. The fourth-order valence-corrected chi connectivity index (χ4v) is 2.69. The van der Waals surface area contributed by atoms with Crippen molar-refractivity contribution in [1.82, 2.24) is 0 Å². The Hall–Kier alpha value is -1.29. The Bertz CT molecular complexity index is 365. The number of rotatable bonds is 6. The van der Waals surface area contributed by atoms with E-state index in [0.29, 0.717) is 12.2 Å². The van der Waals surface area contributed by atoms with Crippen molar-refractivity contribution in [2.75, 3.05) is 6.61 Å². The second-order valence-electron chi connectivity index (χ2n) is 5.34. The average molecular weight is 252 g/mol. The van der Waals surface area contributed by atoms with Crippen LogP contribution in [0.25, 0.3) is 0 Å². The van der Waals surface area contributed by atoms with Crippen molar-refractivity contribution in [2.24, 2.45) is 0 Å². The summed E-state index contributed by atoms with van der Waals surface area (Å²) in [6.07, 6.45) is 1.07. The molecule has 94 valence electrons. The Morgan fingerprint density at radius 1 is 1.24 bits per heavy atom. The molecule has 0 saturated heterocycles. The van der Waals surface area contributed by atoms with Gasteiger partial charge in [-0.05, 0) is 30.7 Å². The molecule has 0 atom stereocenters. The second kappa shape index (κ2) is 5.86. The lowest BCUT2D eigenvalue weighted by molar-refractivity contribution is 0.0697. The summed E-state index contributed by atoms with van der Waals surface area (Å²) in [6.45, 7) is 7.73. The number of hydrogen-bond donors (Lipinski definition) is 1. The highest BCUT2D eigenvalue weighted by molar-refractivity contribution is 6.76. The summed E-state index contributed by atoms with van der Waals surface area (Å²) in [6, 6.07) is 7.79. The zero-order chi connectivity index (χ0) is 12.9. The Morgan fingerprint density at radius 3 is 2.29 bits per heavy atom. The number of benzene rings is 1. The fourth-order valence-electron chi connectivity index (χ4n) is 1.49.